The number of carbonyl (C=O) groups is 6. The maximum absolute atomic E-state index is 13.7. The predicted octanol–water partition coefficient (Wildman–Crippen LogP) is 1.11. The van der Waals surface area contributed by atoms with E-state index in [2.05, 4.69) is 41.5 Å². The first-order chi connectivity index (χ1) is 25.6. The van der Waals surface area contributed by atoms with Gasteiger partial charge < -0.3 is 47.4 Å². The van der Waals surface area contributed by atoms with Crippen molar-refractivity contribution < 1.29 is 33.9 Å². The molecule has 16 nitrogen and oxygen atoms in total. The summed E-state index contributed by atoms with van der Waals surface area (Å²) < 4.78 is 0. The average molecular weight is 752 g/mol. The summed E-state index contributed by atoms with van der Waals surface area (Å²) in [5, 5.41) is 24.4. The Morgan fingerprint density at radius 1 is 0.704 bits per heavy atom. The molecule has 0 aliphatic rings. The molecule has 16 heteroatoms. The van der Waals surface area contributed by atoms with E-state index in [0.29, 0.717) is 24.5 Å². The van der Waals surface area contributed by atoms with Crippen molar-refractivity contribution in [3.05, 3.63) is 54.2 Å². The Balaban J connectivity index is 1.74. The number of aliphatic hydroxyl groups excluding tert-OH is 1. The minimum atomic E-state index is -1.51. The van der Waals surface area contributed by atoms with Gasteiger partial charge in [0.1, 0.15) is 30.2 Å². The van der Waals surface area contributed by atoms with E-state index in [0.717, 1.165) is 16.5 Å². The third-order valence-corrected chi connectivity index (χ3v) is 8.83. The molecule has 0 unspecified atom stereocenters. The fourth-order valence-electron chi connectivity index (χ4n) is 5.94. The maximum atomic E-state index is 13.7. The number of aromatic amines is 2. The molecule has 6 amide bonds. The minimum absolute atomic E-state index is 0.0382. The fraction of sp³-hybridized carbons (Fsp3) is 0.553. The van der Waals surface area contributed by atoms with Crippen LogP contribution in [0.2, 0.25) is 0 Å². The highest BCUT2D eigenvalue weighted by Crippen LogP contribution is 2.19. The Kier molecular flexibility index (Phi) is 16.7. The van der Waals surface area contributed by atoms with E-state index >= 15 is 0 Å². The second-order valence-electron chi connectivity index (χ2n) is 15.0. The van der Waals surface area contributed by atoms with Gasteiger partial charge in [-0.3, -0.25) is 28.8 Å². The number of para-hydroxylation sites is 1. The number of nitrogens with zero attached hydrogens (tertiary/aromatic N) is 1. The normalized spacial score (nSPS) is 14.3. The van der Waals surface area contributed by atoms with Gasteiger partial charge in [-0.25, -0.2) is 4.98 Å². The van der Waals surface area contributed by atoms with Crippen LogP contribution in [-0.4, -0.2) is 92.3 Å². The molecule has 10 N–H and O–H groups in total. The number of rotatable bonds is 22. The molecule has 0 saturated heterocycles. The maximum Gasteiger partial charge on any atom is 0.245 e. The predicted molar refractivity (Wildman–Crippen MR) is 203 cm³/mol. The lowest BCUT2D eigenvalue weighted by Crippen LogP contribution is -2.60. The number of benzene rings is 1. The second kappa shape index (κ2) is 20.8. The molecular formula is C38H57N9O7. The molecule has 0 spiro atoms. The fourth-order valence-corrected chi connectivity index (χ4v) is 5.94. The van der Waals surface area contributed by atoms with E-state index < -0.39 is 66.4 Å². The molecule has 54 heavy (non-hydrogen) atoms. The number of amides is 6. The van der Waals surface area contributed by atoms with Crippen molar-refractivity contribution in [1.29, 1.82) is 0 Å². The molecule has 0 fully saturated rings. The first kappa shape index (κ1) is 43.2. The molecule has 3 aromatic rings. The average Bonchev–Trinajstić information content (AvgIpc) is 3.78. The van der Waals surface area contributed by atoms with Gasteiger partial charge in [0, 0.05) is 48.3 Å². The Morgan fingerprint density at radius 3 is 1.83 bits per heavy atom. The number of nitrogens with two attached hydrogens (primary N) is 1. The zero-order valence-electron chi connectivity index (χ0n) is 32.0. The number of hydrogen-bond acceptors (Lipinski definition) is 8. The highest BCUT2D eigenvalue weighted by atomic mass is 16.3. The Hall–Kier alpha value is -5.25. The van der Waals surface area contributed by atoms with Crippen LogP contribution >= 0.6 is 0 Å². The summed E-state index contributed by atoms with van der Waals surface area (Å²) >= 11 is 0. The largest absolute Gasteiger partial charge is 0.394 e. The van der Waals surface area contributed by atoms with Crippen LogP contribution in [0.1, 0.15) is 78.5 Å². The molecule has 3 rings (SSSR count). The minimum Gasteiger partial charge on any atom is -0.394 e. The molecule has 0 aliphatic carbocycles. The van der Waals surface area contributed by atoms with Crippen LogP contribution in [-0.2, 0) is 41.6 Å². The zero-order valence-corrected chi connectivity index (χ0v) is 32.0. The van der Waals surface area contributed by atoms with Crippen molar-refractivity contribution in [2.45, 2.75) is 110 Å². The van der Waals surface area contributed by atoms with Crippen molar-refractivity contribution in [2.24, 2.45) is 23.5 Å². The van der Waals surface area contributed by atoms with Crippen LogP contribution in [0.5, 0.6) is 0 Å². The second-order valence-corrected chi connectivity index (χ2v) is 15.0. The van der Waals surface area contributed by atoms with Gasteiger partial charge in [0.2, 0.25) is 35.4 Å². The summed E-state index contributed by atoms with van der Waals surface area (Å²) in [4.78, 5) is 89.5. The molecule has 0 aliphatic heterocycles. The molecule has 2 heterocycles. The zero-order chi connectivity index (χ0) is 39.9. The third-order valence-electron chi connectivity index (χ3n) is 8.83. The van der Waals surface area contributed by atoms with E-state index in [4.69, 9.17) is 5.73 Å². The molecular weight excluding hydrogens is 694 g/mol. The summed E-state index contributed by atoms with van der Waals surface area (Å²) in [6.45, 7) is 10.7. The summed E-state index contributed by atoms with van der Waals surface area (Å²) in [6, 6.07) is 1.57. The Bertz CT molecular complexity index is 1700. The van der Waals surface area contributed by atoms with Gasteiger partial charge in [-0.1, -0.05) is 59.7 Å². The number of aromatic nitrogens is 3. The van der Waals surface area contributed by atoms with Crippen LogP contribution in [0.4, 0.5) is 0 Å². The number of carbonyl (C=O) groups excluding carboxylic acids is 6. The van der Waals surface area contributed by atoms with Crippen LogP contribution in [0.15, 0.2) is 43.0 Å². The van der Waals surface area contributed by atoms with Gasteiger partial charge in [-0.05, 0) is 48.6 Å². The van der Waals surface area contributed by atoms with Crippen molar-refractivity contribution in [3.63, 3.8) is 0 Å². The third kappa shape index (κ3) is 13.6. The molecule has 0 bridgehead atoms. The van der Waals surface area contributed by atoms with Crippen LogP contribution in [0.25, 0.3) is 10.9 Å². The lowest BCUT2D eigenvalue weighted by atomic mass is 10.0. The summed E-state index contributed by atoms with van der Waals surface area (Å²) in [5.41, 5.74) is 7.81. The smallest absolute Gasteiger partial charge is 0.245 e. The van der Waals surface area contributed by atoms with Gasteiger partial charge in [-0.15, -0.1) is 0 Å². The number of hydrogen-bond donors (Lipinski definition) is 9. The number of fused-ring (bicyclic) bond motifs is 1. The van der Waals surface area contributed by atoms with Crippen LogP contribution in [0.3, 0.4) is 0 Å². The lowest BCUT2D eigenvalue weighted by molar-refractivity contribution is -0.135. The van der Waals surface area contributed by atoms with E-state index in [-0.39, 0.29) is 43.4 Å². The summed E-state index contributed by atoms with van der Waals surface area (Å²) in [6.07, 6.45) is 6.07. The first-order valence-corrected chi connectivity index (χ1v) is 18.5. The van der Waals surface area contributed by atoms with Crippen molar-refractivity contribution >= 4 is 46.3 Å². The van der Waals surface area contributed by atoms with Gasteiger partial charge in [0.05, 0.1) is 12.9 Å². The highest BCUT2D eigenvalue weighted by Gasteiger charge is 2.33. The van der Waals surface area contributed by atoms with E-state index in [1.165, 1.54) is 12.5 Å². The quantitative estimate of drug-likeness (QED) is 0.0717. The highest BCUT2D eigenvalue weighted by molar-refractivity contribution is 5.96. The molecule has 5 atom stereocenters. The van der Waals surface area contributed by atoms with Gasteiger partial charge in [0.25, 0.3) is 0 Å². The molecule has 2 aromatic heterocycles. The Labute approximate surface area is 316 Å². The summed E-state index contributed by atoms with van der Waals surface area (Å²) in [7, 11) is 0. The lowest BCUT2D eigenvalue weighted by Gasteiger charge is -2.27. The first-order valence-electron chi connectivity index (χ1n) is 18.5. The number of nitrogens with one attached hydrogen (secondary N) is 7. The number of aliphatic hydroxyl groups is 1. The SMILES string of the molecule is CC(C)CCC(=O)N[C@@H](CC(C)C)C(=O)N[C@@H](Cc1cnc[nH]1)C(=O)N[C@@H](CO)C(=O)N[C@@H](CC(C)C)C(=O)N[C@@H](Cc1c[nH]c2ccccc12)C(N)=O. The van der Waals surface area contributed by atoms with Crippen LogP contribution in [0, 0.1) is 17.8 Å². The van der Waals surface area contributed by atoms with Crippen molar-refractivity contribution in [3.8, 4) is 0 Å². The molecule has 296 valence electrons. The van der Waals surface area contributed by atoms with Gasteiger partial charge >= 0.3 is 0 Å². The monoisotopic (exact) mass is 751 g/mol. The van der Waals surface area contributed by atoms with E-state index in [1.54, 1.807) is 6.20 Å². The standard InChI is InChI=1S/C38H57N9O7/c1-21(2)11-12-33(49)43-29(13-22(3)4)35(51)46-31(16-25-18-40-20-42-25)37(53)47-32(19-48)38(54)45-30(14-23(5)6)36(52)44-28(34(39)50)15-24-17-41-27-10-8-7-9-26(24)27/h7-10,17-18,20-23,28-32,41,48H,11-16,19H2,1-6H3,(H2,39,50)(H,40,42)(H,43,49)(H,44,52)(H,45,54)(H,46,51)(H,47,53)/t28-,29-,30-,31-,32-/m0/s1. The number of imidazole rings is 1. The number of primary amides is 1. The molecule has 1 aromatic carbocycles. The molecule has 0 saturated carbocycles. The van der Waals surface area contributed by atoms with Crippen molar-refractivity contribution in [1.82, 2.24) is 41.5 Å². The molecule has 0 radical (unpaired) electrons. The number of H-pyrrole nitrogens is 2. The Morgan fingerprint density at radius 2 is 1.26 bits per heavy atom. The summed E-state index contributed by atoms with van der Waals surface area (Å²) in [5.74, 6) is -3.70. The van der Waals surface area contributed by atoms with E-state index in [9.17, 15) is 33.9 Å². The van der Waals surface area contributed by atoms with Crippen molar-refractivity contribution in [2.75, 3.05) is 6.61 Å². The van der Waals surface area contributed by atoms with Gasteiger partial charge in [0.15, 0.2) is 0 Å². The van der Waals surface area contributed by atoms with Crippen LogP contribution < -0.4 is 32.3 Å². The van der Waals surface area contributed by atoms with E-state index in [1.807, 2.05) is 65.8 Å². The topological polar surface area (TPSA) is 253 Å². The van der Waals surface area contributed by atoms with Gasteiger partial charge in [-0.2, -0.15) is 0 Å².